The second kappa shape index (κ2) is 6.28. The molecule has 0 unspecified atom stereocenters. The third-order valence-electron chi connectivity index (χ3n) is 2.15. The lowest BCUT2D eigenvalue weighted by molar-refractivity contribution is -0.143. The molecule has 0 fully saturated rings. The zero-order chi connectivity index (χ0) is 11.1. The summed E-state index contributed by atoms with van der Waals surface area (Å²) in [4.78, 5) is 11.5. The molecule has 0 N–H and O–H groups in total. The van der Waals surface area contributed by atoms with E-state index in [0.717, 1.165) is 18.4 Å². The molecule has 0 spiro atoms. The zero-order valence-electron chi connectivity index (χ0n) is 8.98. The monoisotopic (exact) mass is 202 g/mol. The summed E-state index contributed by atoms with van der Waals surface area (Å²) in [6.45, 7) is 2.50. The Bertz CT molecular complexity index is 298. The Kier molecular flexibility index (Phi) is 4.95. The summed E-state index contributed by atoms with van der Waals surface area (Å²) < 4.78 is 5.03. The number of benzene rings is 1. The van der Waals surface area contributed by atoms with E-state index in [1.165, 1.54) is 0 Å². The van der Waals surface area contributed by atoms with Gasteiger partial charge in [0.1, 0.15) is 0 Å². The minimum Gasteiger partial charge on any atom is -0.466 e. The van der Waals surface area contributed by atoms with Crippen LogP contribution in [0.25, 0.3) is 0 Å². The van der Waals surface area contributed by atoms with E-state index < -0.39 is 5.82 Å². The first kappa shape index (κ1) is 11.8. The average Bonchev–Trinajstić information content (AvgIpc) is 2.29. The molecule has 2 radical (unpaired) electrons. The summed E-state index contributed by atoms with van der Waals surface area (Å²) in [5, 5.41) is 0. The van der Waals surface area contributed by atoms with Gasteiger partial charge in [-0.25, -0.2) is 0 Å². The zero-order valence-corrected chi connectivity index (χ0v) is 8.98. The van der Waals surface area contributed by atoms with Gasteiger partial charge in [-0.3, -0.25) is 4.79 Å². The number of unbranched alkanes of at least 4 members (excludes halogenated alkanes) is 1. The van der Waals surface area contributed by atoms with Crippen molar-refractivity contribution in [2.45, 2.75) is 25.6 Å². The highest BCUT2D eigenvalue weighted by Crippen LogP contribution is 2.13. The summed E-state index contributed by atoms with van der Waals surface area (Å²) in [7, 11) is 5.75. The predicted octanol–water partition coefficient (Wildman–Crippen LogP) is 2.24. The maximum Gasteiger partial charge on any atom is 0.304 e. The number of carbonyl (C=O) groups excluding carboxylic acids is 1. The van der Waals surface area contributed by atoms with Gasteiger partial charge in [-0.2, -0.15) is 0 Å². The Morgan fingerprint density at radius 3 is 2.67 bits per heavy atom. The SMILES string of the molecule is [B][C@@H](C(=O)OCCCC)c1ccccc1. The van der Waals surface area contributed by atoms with E-state index in [-0.39, 0.29) is 5.97 Å². The van der Waals surface area contributed by atoms with E-state index in [9.17, 15) is 4.79 Å². The van der Waals surface area contributed by atoms with Crippen LogP contribution in [0.15, 0.2) is 30.3 Å². The Hall–Kier alpha value is -1.25. The van der Waals surface area contributed by atoms with Crippen LogP contribution in [0.5, 0.6) is 0 Å². The standard InChI is InChI=1S/C12H15BO2/c1-2-3-9-15-12(14)11(13)10-7-5-4-6-8-10/h4-8,11H,2-3,9H2,1H3/t11-/m1/s1. The number of rotatable bonds is 5. The van der Waals surface area contributed by atoms with Gasteiger partial charge in [0, 0.05) is 5.82 Å². The lowest BCUT2D eigenvalue weighted by Crippen LogP contribution is -2.16. The van der Waals surface area contributed by atoms with Crippen LogP contribution >= 0.6 is 0 Å². The van der Waals surface area contributed by atoms with E-state index >= 15 is 0 Å². The second-order valence-corrected chi connectivity index (χ2v) is 3.41. The van der Waals surface area contributed by atoms with Crippen molar-refractivity contribution in [3.8, 4) is 0 Å². The molecule has 2 nitrogen and oxygen atoms in total. The fourth-order valence-electron chi connectivity index (χ4n) is 1.20. The third kappa shape index (κ3) is 3.78. The highest BCUT2D eigenvalue weighted by molar-refractivity contribution is 6.23. The van der Waals surface area contributed by atoms with E-state index in [1.807, 2.05) is 37.3 Å². The van der Waals surface area contributed by atoms with Gasteiger partial charge in [-0.1, -0.05) is 43.7 Å². The molecule has 1 rings (SSSR count). The second-order valence-electron chi connectivity index (χ2n) is 3.41. The number of esters is 1. The number of ether oxygens (including phenoxy) is 1. The van der Waals surface area contributed by atoms with Gasteiger partial charge in [0.25, 0.3) is 0 Å². The van der Waals surface area contributed by atoms with Crippen LogP contribution in [0.2, 0.25) is 0 Å². The topological polar surface area (TPSA) is 26.3 Å². The van der Waals surface area contributed by atoms with E-state index in [2.05, 4.69) is 0 Å². The lowest BCUT2D eigenvalue weighted by Gasteiger charge is -2.11. The minimum absolute atomic E-state index is 0.352. The van der Waals surface area contributed by atoms with Crippen LogP contribution in [0.3, 0.4) is 0 Å². The quantitative estimate of drug-likeness (QED) is 0.415. The molecule has 0 aliphatic rings. The van der Waals surface area contributed by atoms with Gasteiger partial charge in [0.2, 0.25) is 0 Å². The average molecular weight is 202 g/mol. The maximum absolute atomic E-state index is 11.5. The molecule has 1 aromatic carbocycles. The Morgan fingerprint density at radius 1 is 1.40 bits per heavy atom. The van der Waals surface area contributed by atoms with Gasteiger partial charge in [0.15, 0.2) is 0 Å². The third-order valence-corrected chi connectivity index (χ3v) is 2.15. The van der Waals surface area contributed by atoms with E-state index in [1.54, 1.807) is 0 Å². The lowest BCUT2D eigenvalue weighted by atomic mass is 9.81. The molecule has 0 heterocycles. The summed E-state index contributed by atoms with van der Waals surface area (Å²) >= 11 is 0. The molecule has 0 bridgehead atoms. The van der Waals surface area contributed by atoms with Crippen molar-refractivity contribution in [3.05, 3.63) is 35.9 Å². The summed E-state index contributed by atoms with van der Waals surface area (Å²) in [5.74, 6) is -1.02. The van der Waals surface area contributed by atoms with Gasteiger partial charge in [-0.05, 0) is 12.0 Å². The summed E-state index contributed by atoms with van der Waals surface area (Å²) in [5.41, 5.74) is 0.791. The number of carbonyl (C=O) groups is 1. The first-order chi connectivity index (χ1) is 7.25. The molecule has 0 saturated carbocycles. The highest BCUT2D eigenvalue weighted by atomic mass is 16.5. The molecule has 0 aliphatic carbocycles. The predicted molar refractivity (Wildman–Crippen MR) is 60.8 cm³/mol. The van der Waals surface area contributed by atoms with Gasteiger partial charge < -0.3 is 4.74 Å². The van der Waals surface area contributed by atoms with Crippen LogP contribution < -0.4 is 0 Å². The van der Waals surface area contributed by atoms with Crippen molar-refractivity contribution in [2.24, 2.45) is 0 Å². The van der Waals surface area contributed by atoms with E-state index in [0.29, 0.717) is 6.61 Å². The largest absolute Gasteiger partial charge is 0.466 e. The first-order valence-corrected chi connectivity index (χ1v) is 5.23. The molecule has 78 valence electrons. The van der Waals surface area contributed by atoms with Crippen LogP contribution in [0.4, 0.5) is 0 Å². The molecular formula is C12H15BO2. The van der Waals surface area contributed by atoms with Crippen LogP contribution in [-0.4, -0.2) is 20.4 Å². The molecule has 1 aromatic rings. The number of hydrogen-bond donors (Lipinski definition) is 0. The number of hydrogen-bond acceptors (Lipinski definition) is 2. The van der Waals surface area contributed by atoms with E-state index in [4.69, 9.17) is 12.6 Å². The first-order valence-electron chi connectivity index (χ1n) is 5.23. The maximum atomic E-state index is 11.5. The van der Waals surface area contributed by atoms with Crippen molar-refractivity contribution < 1.29 is 9.53 Å². The molecule has 1 atom stereocenters. The smallest absolute Gasteiger partial charge is 0.304 e. The molecular weight excluding hydrogens is 187 g/mol. The molecule has 0 aromatic heterocycles. The van der Waals surface area contributed by atoms with Crippen LogP contribution in [0, 0.1) is 0 Å². The summed E-state index contributed by atoms with van der Waals surface area (Å²) in [6.07, 6.45) is 1.89. The Balaban J connectivity index is 2.46. The van der Waals surface area contributed by atoms with Crippen molar-refractivity contribution in [2.75, 3.05) is 6.61 Å². The van der Waals surface area contributed by atoms with Crippen molar-refractivity contribution in [1.82, 2.24) is 0 Å². The Labute approximate surface area is 92.0 Å². The molecule has 0 saturated heterocycles. The van der Waals surface area contributed by atoms with Crippen molar-refractivity contribution in [3.63, 3.8) is 0 Å². The highest BCUT2D eigenvalue weighted by Gasteiger charge is 2.15. The molecule has 0 aliphatic heterocycles. The van der Waals surface area contributed by atoms with Gasteiger partial charge >= 0.3 is 5.97 Å². The summed E-state index contributed by atoms with van der Waals surface area (Å²) in [6, 6.07) is 9.25. The fourth-order valence-corrected chi connectivity index (χ4v) is 1.20. The van der Waals surface area contributed by atoms with Gasteiger partial charge in [0.05, 0.1) is 14.5 Å². The van der Waals surface area contributed by atoms with Gasteiger partial charge in [-0.15, -0.1) is 0 Å². The van der Waals surface area contributed by atoms with Crippen molar-refractivity contribution in [1.29, 1.82) is 0 Å². The van der Waals surface area contributed by atoms with Crippen LogP contribution in [-0.2, 0) is 9.53 Å². The molecule has 15 heavy (non-hydrogen) atoms. The normalized spacial score (nSPS) is 12.1. The Morgan fingerprint density at radius 2 is 2.07 bits per heavy atom. The fraction of sp³-hybridized carbons (Fsp3) is 0.417. The molecule has 3 heteroatoms. The minimum atomic E-state index is -0.664. The van der Waals surface area contributed by atoms with Crippen LogP contribution in [0.1, 0.15) is 31.1 Å². The molecule has 0 amide bonds. The van der Waals surface area contributed by atoms with Crippen molar-refractivity contribution >= 4 is 13.8 Å².